The van der Waals surface area contributed by atoms with Gasteiger partial charge in [-0.05, 0) is 52.4 Å². The summed E-state index contributed by atoms with van der Waals surface area (Å²) in [5, 5.41) is 6.29. The third-order valence-corrected chi connectivity index (χ3v) is 6.98. The first kappa shape index (κ1) is 23.4. The van der Waals surface area contributed by atoms with Gasteiger partial charge in [0, 0.05) is 32.4 Å². The van der Waals surface area contributed by atoms with Crippen molar-refractivity contribution in [1.29, 1.82) is 0 Å². The first-order valence-electron chi connectivity index (χ1n) is 10.7. The fraction of sp³-hybridized carbons (Fsp3) is 0.684. The topological polar surface area (TPSA) is 153 Å². The van der Waals surface area contributed by atoms with Gasteiger partial charge in [0.2, 0.25) is 11.9 Å². The minimum atomic E-state index is -3.64. The minimum absolute atomic E-state index is 0.0587. The SMILES string of the molecule is CCNc1nc(NCC)nc(C(N)C2CCC(NS(=O)(=O)c3cn(C)c(C)n3)CC2)n1. The summed E-state index contributed by atoms with van der Waals surface area (Å²) in [5.74, 6) is 2.39. The predicted molar refractivity (Wildman–Crippen MR) is 119 cm³/mol. The minimum Gasteiger partial charge on any atom is -0.354 e. The zero-order valence-corrected chi connectivity index (χ0v) is 19.4. The lowest BCUT2D eigenvalue weighted by Crippen LogP contribution is -2.39. The van der Waals surface area contributed by atoms with E-state index >= 15 is 0 Å². The lowest BCUT2D eigenvalue weighted by atomic mass is 9.82. The molecule has 1 atom stereocenters. The molecule has 1 aliphatic rings. The molecule has 0 aromatic carbocycles. The van der Waals surface area contributed by atoms with Crippen LogP contribution in [0.25, 0.3) is 0 Å². The fourth-order valence-electron chi connectivity index (χ4n) is 3.76. The van der Waals surface area contributed by atoms with Crippen molar-refractivity contribution in [3.05, 3.63) is 17.8 Å². The summed E-state index contributed by atoms with van der Waals surface area (Å²) in [6.07, 6.45) is 4.51. The van der Waals surface area contributed by atoms with Crippen LogP contribution >= 0.6 is 0 Å². The Morgan fingerprint density at radius 3 is 2.13 bits per heavy atom. The number of nitrogens with two attached hydrogens (primary N) is 1. The summed E-state index contributed by atoms with van der Waals surface area (Å²) in [5.41, 5.74) is 6.52. The number of nitrogens with zero attached hydrogens (tertiary/aromatic N) is 5. The first-order valence-corrected chi connectivity index (χ1v) is 12.2. The molecule has 0 aliphatic heterocycles. The Bertz CT molecular complexity index is 941. The van der Waals surface area contributed by atoms with E-state index in [0.29, 0.717) is 49.5 Å². The molecule has 172 valence electrons. The third-order valence-electron chi connectivity index (χ3n) is 5.58. The van der Waals surface area contributed by atoms with Crippen molar-refractivity contribution in [2.45, 2.75) is 63.6 Å². The number of sulfonamides is 1. The average Bonchev–Trinajstić information content (AvgIpc) is 3.08. The van der Waals surface area contributed by atoms with Crippen molar-refractivity contribution in [1.82, 2.24) is 29.2 Å². The van der Waals surface area contributed by atoms with Crippen LogP contribution in [0.3, 0.4) is 0 Å². The van der Waals surface area contributed by atoms with E-state index in [4.69, 9.17) is 5.73 Å². The Morgan fingerprint density at radius 2 is 1.65 bits per heavy atom. The van der Waals surface area contributed by atoms with Crippen LogP contribution in [-0.4, -0.2) is 52.1 Å². The molecule has 3 rings (SSSR count). The molecule has 11 nitrogen and oxygen atoms in total. The molecule has 2 heterocycles. The van der Waals surface area contributed by atoms with Gasteiger partial charge in [0.25, 0.3) is 10.0 Å². The van der Waals surface area contributed by atoms with Crippen LogP contribution in [-0.2, 0) is 17.1 Å². The molecule has 31 heavy (non-hydrogen) atoms. The number of hydrogen-bond donors (Lipinski definition) is 4. The number of nitrogens with one attached hydrogen (secondary N) is 3. The van der Waals surface area contributed by atoms with Gasteiger partial charge in [-0.25, -0.2) is 18.1 Å². The molecule has 0 bridgehead atoms. The molecular formula is C19H33N9O2S. The van der Waals surface area contributed by atoms with E-state index in [1.807, 2.05) is 13.8 Å². The van der Waals surface area contributed by atoms with Gasteiger partial charge in [-0.1, -0.05) is 0 Å². The lowest BCUT2D eigenvalue weighted by molar-refractivity contribution is 0.269. The second kappa shape index (κ2) is 9.88. The zero-order valence-electron chi connectivity index (χ0n) is 18.6. The molecular weight excluding hydrogens is 418 g/mol. The molecule has 0 spiro atoms. The van der Waals surface area contributed by atoms with Gasteiger partial charge < -0.3 is 20.9 Å². The van der Waals surface area contributed by atoms with E-state index in [-0.39, 0.29) is 23.0 Å². The highest BCUT2D eigenvalue weighted by Gasteiger charge is 2.31. The van der Waals surface area contributed by atoms with Gasteiger partial charge in [-0.15, -0.1) is 0 Å². The third kappa shape index (κ3) is 5.69. The Hall–Kier alpha value is -2.31. The van der Waals surface area contributed by atoms with E-state index < -0.39 is 10.0 Å². The zero-order chi connectivity index (χ0) is 22.6. The molecule has 12 heteroatoms. The number of anilines is 2. The van der Waals surface area contributed by atoms with Crippen LogP contribution in [0, 0.1) is 12.8 Å². The number of aromatic nitrogens is 5. The number of aryl methyl sites for hydroxylation is 2. The highest BCUT2D eigenvalue weighted by atomic mass is 32.2. The molecule has 0 radical (unpaired) electrons. The molecule has 0 amide bonds. The quantitative estimate of drug-likeness (QED) is 0.442. The molecule has 2 aromatic rings. The van der Waals surface area contributed by atoms with Crippen molar-refractivity contribution in [3.8, 4) is 0 Å². The van der Waals surface area contributed by atoms with Gasteiger partial charge in [-0.2, -0.15) is 15.0 Å². The van der Waals surface area contributed by atoms with E-state index in [1.165, 1.54) is 6.20 Å². The standard InChI is InChI=1S/C19H33N9O2S/c1-5-21-18-24-17(25-19(26-18)22-6-2)16(20)13-7-9-14(10-8-13)27-31(29,30)15-11-28(4)12(3)23-15/h11,13-14,16,27H,5-10,20H2,1-4H3,(H2,21,22,24,25,26). The van der Waals surface area contributed by atoms with Gasteiger partial charge >= 0.3 is 0 Å². The summed E-state index contributed by atoms with van der Waals surface area (Å²) in [6.45, 7) is 7.13. The molecule has 1 fully saturated rings. The number of imidazole rings is 1. The highest BCUT2D eigenvalue weighted by Crippen LogP contribution is 2.33. The Labute approximate surface area is 183 Å². The number of rotatable bonds is 9. The van der Waals surface area contributed by atoms with Crippen molar-refractivity contribution in [2.75, 3.05) is 23.7 Å². The van der Waals surface area contributed by atoms with Crippen LogP contribution < -0.4 is 21.1 Å². The molecule has 0 saturated heterocycles. The molecule has 2 aromatic heterocycles. The summed E-state index contributed by atoms with van der Waals surface area (Å²) in [7, 11) is -1.86. The largest absolute Gasteiger partial charge is 0.354 e. The van der Waals surface area contributed by atoms with Crippen molar-refractivity contribution in [3.63, 3.8) is 0 Å². The molecule has 1 aliphatic carbocycles. The van der Waals surface area contributed by atoms with Gasteiger partial charge in [0.15, 0.2) is 10.9 Å². The fourth-order valence-corrected chi connectivity index (χ4v) is 5.10. The van der Waals surface area contributed by atoms with Crippen LogP contribution in [0.4, 0.5) is 11.9 Å². The summed E-state index contributed by atoms with van der Waals surface area (Å²) in [4.78, 5) is 17.5. The average molecular weight is 452 g/mol. The predicted octanol–water partition coefficient (Wildman–Crippen LogP) is 1.31. The smallest absolute Gasteiger partial charge is 0.259 e. The summed E-state index contributed by atoms with van der Waals surface area (Å²) >= 11 is 0. The summed E-state index contributed by atoms with van der Waals surface area (Å²) < 4.78 is 29.8. The second-order valence-corrected chi connectivity index (χ2v) is 9.56. The first-order chi connectivity index (χ1) is 14.7. The van der Waals surface area contributed by atoms with E-state index in [9.17, 15) is 8.42 Å². The Balaban J connectivity index is 1.64. The Morgan fingerprint density at radius 1 is 1.06 bits per heavy atom. The van der Waals surface area contributed by atoms with Crippen LogP contribution in [0.5, 0.6) is 0 Å². The molecule has 5 N–H and O–H groups in total. The monoisotopic (exact) mass is 451 g/mol. The van der Waals surface area contributed by atoms with Crippen LogP contribution in [0.2, 0.25) is 0 Å². The number of hydrogen-bond acceptors (Lipinski definition) is 9. The van der Waals surface area contributed by atoms with Gasteiger partial charge in [-0.3, -0.25) is 0 Å². The van der Waals surface area contributed by atoms with Crippen molar-refractivity contribution in [2.24, 2.45) is 18.7 Å². The maximum atomic E-state index is 12.6. The van der Waals surface area contributed by atoms with Crippen molar-refractivity contribution >= 4 is 21.9 Å². The van der Waals surface area contributed by atoms with Crippen LogP contribution in [0.1, 0.15) is 57.2 Å². The summed E-state index contributed by atoms with van der Waals surface area (Å²) in [6, 6.07) is -0.474. The molecule has 1 unspecified atom stereocenters. The van der Waals surface area contributed by atoms with Crippen LogP contribution in [0.15, 0.2) is 11.2 Å². The highest BCUT2D eigenvalue weighted by molar-refractivity contribution is 7.89. The maximum Gasteiger partial charge on any atom is 0.259 e. The van der Waals surface area contributed by atoms with Gasteiger partial charge in [0.05, 0.1) is 6.04 Å². The Kier molecular flexibility index (Phi) is 7.44. The lowest BCUT2D eigenvalue weighted by Gasteiger charge is -2.31. The second-order valence-electron chi connectivity index (χ2n) is 7.90. The van der Waals surface area contributed by atoms with E-state index in [2.05, 4.69) is 35.3 Å². The van der Waals surface area contributed by atoms with E-state index in [1.54, 1.807) is 18.5 Å². The normalized spacial score (nSPS) is 20.4. The van der Waals surface area contributed by atoms with Gasteiger partial charge in [0.1, 0.15) is 5.82 Å². The maximum absolute atomic E-state index is 12.6. The van der Waals surface area contributed by atoms with Crippen molar-refractivity contribution < 1.29 is 8.42 Å². The van der Waals surface area contributed by atoms with E-state index in [0.717, 1.165) is 12.8 Å². The molecule has 1 saturated carbocycles.